The molecule has 3 heteroatoms. The summed E-state index contributed by atoms with van der Waals surface area (Å²) >= 11 is 0. The topological polar surface area (TPSA) is 40.7 Å². The Morgan fingerprint density at radius 1 is 1.38 bits per heavy atom. The molecule has 2 aromatic rings. The molecule has 2 N–H and O–H groups in total. The van der Waals surface area contributed by atoms with Gasteiger partial charge in [-0.15, -0.1) is 0 Å². The molecule has 0 amide bonds. The Morgan fingerprint density at radius 3 is 3.12 bits per heavy atom. The number of pyridine rings is 1. The molecule has 3 rings (SSSR count). The number of aromatic amines is 1. The second kappa shape index (κ2) is 3.76. The summed E-state index contributed by atoms with van der Waals surface area (Å²) in [5.41, 5.74) is 4.95. The Bertz CT molecular complexity index is 551. The molecule has 0 radical (unpaired) electrons. The number of aryl methyl sites for hydroxylation is 1. The van der Waals surface area contributed by atoms with Crippen LogP contribution in [0.1, 0.15) is 17.5 Å². The van der Waals surface area contributed by atoms with Gasteiger partial charge in [0.2, 0.25) is 0 Å². The average molecular weight is 213 g/mol. The van der Waals surface area contributed by atoms with Crippen LogP contribution in [0.15, 0.2) is 24.5 Å². The van der Waals surface area contributed by atoms with Crippen molar-refractivity contribution in [3.05, 3.63) is 35.7 Å². The van der Waals surface area contributed by atoms with E-state index in [-0.39, 0.29) is 0 Å². The van der Waals surface area contributed by atoms with Crippen LogP contribution < -0.4 is 5.32 Å². The van der Waals surface area contributed by atoms with Crippen molar-refractivity contribution in [1.82, 2.24) is 15.3 Å². The fourth-order valence-corrected chi connectivity index (χ4v) is 2.31. The molecule has 0 aliphatic carbocycles. The largest absolute Gasteiger partial charge is 0.346 e. The van der Waals surface area contributed by atoms with Crippen LogP contribution in [0.4, 0.5) is 0 Å². The summed E-state index contributed by atoms with van der Waals surface area (Å²) in [5.74, 6) is 0. The predicted octanol–water partition coefficient (Wildman–Crippen LogP) is 2.25. The van der Waals surface area contributed by atoms with Crippen molar-refractivity contribution in [2.24, 2.45) is 0 Å². The van der Waals surface area contributed by atoms with Gasteiger partial charge in [-0.25, -0.2) is 4.98 Å². The van der Waals surface area contributed by atoms with Crippen molar-refractivity contribution >= 4 is 16.6 Å². The third-order valence-corrected chi connectivity index (χ3v) is 3.23. The number of nitrogens with one attached hydrogen (secondary N) is 2. The first-order chi connectivity index (χ1) is 7.86. The van der Waals surface area contributed by atoms with E-state index < -0.39 is 0 Å². The van der Waals surface area contributed by atoms with E-state index >= 15 is 0 Å². The van der Waals surface area contributed by atoms with Gasteiger partial charge in [0.25, 0.3) is 0 Å². The molecule has 1 aliphatic rings. The van der Waals surface area contributed by atoms with Gasteiger partial charge in [0, 0.05) is 29.9 Å². The molecule has 0 fully saturated rings. The molecule has 0 spiro atoms. The summed E-state index contributed by atoms with van der Waals surface area (Å²) < 4.78 is 0. The highest BCUT2D eigenvalue weighted by Gasteiger charge is 2.11. The molecule has 0 saturated carbocycles. The zero-order valence-corrected chi connectivity index (χ0v) is 9.38. The van der Waals surface area contributed by atoms with Gasteiger partial charge in [-0.2, -0.15) is 0 Å². The van der Waals surface area contributed by atoms with Gasteiger partial charge in [0.05, 0.1) is 0 Å². The number of fused-ring (bicyclic) bond motifs is 1. The molecule has 0 bridgehead atoms. The molecule has 82 valence electrons. The van der Waals surface area contributed by atoms with Crippen LogP contribution in [-0.4, -0.2) is 23.1 Å². The molecule has 0 aromatic carbocycles. The van der Waals surface area contributed by atoms with E-state index in [0.717, 1.165) is 25.2 Å². The van der Waals surface area contributed by atoms with E-state index in [2.05, 4.69) is 34.4 Å². The number of H-pyrrole nitrogens is 1. The number of hydrogen-bond acceptors (Lipinski definition) is 2. The molecule has 3 nitrogen and oxygen atoms in total. The second-order valence-corrected chi connectivity index (χ2v) is 4.23. The first-order valence-corrected chi connectivity index (χ1v) is 5.69. The number of nitrogens with zero attached hydrogens (tertiary/aromatic N) is 1. The van der Waals surface area contributed by atoms with Crippen molar-refractivity contribution in [3.8, 4) is 0 Å². The van der Waals surface area contributed by atoms with Crippen LogP contribution in [0.2, 0.25) is 0 Å². The third kappa shape index (κ3) is 1.44. The Hall–Kier alpha value is -1.61. The summed E-state index contributed by atoms with van der Waals surface area (Å²) in [4.78, 5) is 7.60. The van der Waals surface area contributed by atoms with E-state index in [4.69, 9.17) is 0 Å². The lowest BCUT2D eigenvalue weighted by atomic mass is 9.98. The van der Waals surface area contributed by atoms with E-state index in [9.17, 15) is 0 Å². The summed E-state index contributed by atoms with van der Waals surface area (Å²) in [6.07, 6.45) is 7.36. The first kappa shape index (κ1) is 9.60. The summed E-state index contributed by atoms with van der Waals surface area (Å²) in [5, 5.41) is 4.62. The van der Waals surface area contributed by atoms with Gasteiger partial charge < -0.3 is 10.3 Å². The monoisotopic (exact) mass is 213 g/mol. The third-order valence-electron chi connectivity index (χ3n) is 3.23. The molecular weight excluding hydrogens is 198 g/mol. The number of aromatic nitrogens is 2. The van der Waals surface area contributed by atoms with Gasteiger partial charge >= 0.3 is 0 Å². The zero-order chi connectivity index (χ0) is 11.0. The summed E-state index contributed by atoms with van der Waals surface area (Å²) in [6, 6.07) is 2.10. The molecule has 0 saturated heterocycles. The lowest BCUT2D eigenvalue weighted by Gasteiger charge is -2.16. The fraction of sp³-hybridized carbons (Fsp3) is 0.308. The maximum atomic E-state index is 4.45. The highest BCUT2D eigenvalue weighted by Crippen LogP contribution is 2.25. The van der Waals surface area contributed by atoms with E-state index in [1.165, 1.54) is 22.1 Å². The molecule has 16 heavy (non-hydrogen) atoms. The van der Waals surface area contributed by atoms with Crippen molar-refractivity contribution < 1.29 is 0 Å². The fourth-order valence-electron chi connectivity index (χ4n) is 2.31. The molecule has 0 unspecified atom stereocenters. The van der Waals surface area contributed by atoms with Gasteiger partial charge in [0.15, 0.2) is 0 Å². The van der Waals surface area contributed by atoms with Gasteiger partial charge in [0.1, 0.15) is 5.65 Å². The van der Waals surface area contributed by atoms with Crippen LogP contribution in [0.3, 0.4) is 0 Å². The van der Waals surface area contributed by atoms with Crippen molar-refractivity contribution in [2.45, 2.75) is 13.3 Å². The second-order valence-electron chi connectivity index (χ2n) is 4.23. The smallest absolute Gasteiger partial charge is 0.137 e. The van der Waals surface area contributed by atoms with Crippen molar-refractivity contribution in [3.63, 3.8) is 0 Å². The highest BCUT2D eigenvalue weighted by atomic mass is 14.9. The van der Waals surface area contributed by atoms with Crippen LogP contribution >= 0.6 is 0 Å². The van der Waals surface area contributed by atoms with Crippen LogP contribution in [-0.2, 0) is 0 Å². The average Bonchev–Trinajstić information content (AvgIpc) is 2.80. The normalized spacial score (nSPS) is 16.4. The van der Waals surface area contributed by atoms with E-state index in [0.29, 0.717) is 0 Å². The Labute approximate surface area is 94.6 Å². The van der Waals surface area contributed by atoms with Crippen molar-refractivity contribution in [2.75, 3.05) is 13.1 Å². The Kier molecular flexibility index (Phi) is 2.26. The first-order valence-electron chi connectivity index (χ1n) is 5.69. The standard InChI is InChI=1S/C13H15N3/c1-9-11-4-6-15-13(11)16-8-12(9)10-3-2-5-14-7-10/h3-4,6,8,14H,2,5,7H2,1H3,(H,15,16). The minimum atomic E-state index is 0.957. The Morgan fingerprint density at radius 2 is 2.31 bits per heavy atom. The molecular formula is C13H15N3. The van der Waals surface area contributed by atoms with Gasteiger partial charge in [-0.3, -0.25) is 0 Å². The van der Waals surface area contributed by atoms with E-state index in [1.54, 1.807) is 0 Å². The van der Waals surface area contributed by atoms with Gasteiger partial charge in [-0.1, -0.05) is 6.08 Å². The SMILES string of the molecule is Cc1c(C2=CCCNC2)cnc2[nH]ccc12. The van der Waals surface area contributed by atoms with Crippen LogP contribution in [0.5, 0.6) is 0 Å². The maximum absolute atomic E-state index is 4.45. The number of rotatable bonds is 1. The van der Waals surface area contributed by atoms with Crippen molar-refractivity contribution in [1.29, 1.82) is 0 Å². The zero-order valence-electron chi connectivity index (χ0n) is 9.38. The quantitative estimate of drug-likeness (QED) is 0.762. The molecule has 0 atom stereocenters. The van der Waals surface area contributed by atoms with Crippen LogP contribution in [0, 0.1) is 6.92 Å². The van der Waals surface area contributed by atoms with Crippen LogP contribution in [0.25, 0.3) is 16.6 Å². The highest BCUT2D eigenvalue weighted by molar-refractivity contribution is 5.85. The number of hydrogen-bond donors (Lipinski definition) is 2. The van der Waals surface area contributed by atoms with Gasteiger partial charge in [-0.05, 0) is 37.1 Å². The minimum Gasteiger partial charge on any atom is -0.346 e. The predicted molar refractivity (Wildman–Crippen MR) is 66.3 cm³/mol. The maximum Gasteiger partial charge on any atom is 0.137 e. The molecule has 1 aliphatic heterocycles. The Balaban J connectivity index is 2.16. The summed E-state index contributed by atoms with van der Waals surface area (Å²) in [6.45, 7) is 4.21. The lowest BCUT2D eigenvalue weighted by Crippen LogP contribution is -2.21. The minimum absolute atomic E-state index is 0.957. The van der Waals surface area contributed by atoms with E-state index in [1.807, 2.05) is 12.4 Å². The molecule has 3 heterocycles. The summed E-state index contributed by atoms with van der Waals surface area (Å²) in [7, 11) is 0. The lowest BCUT2D eigenvalue weighted by molar-refractivity contribution is 0.738. The molecule has 2 aromatic heterocycles.